The first kappa shape index (κ1) is 9.13. The number of ether oxygens (including phenoxy) is 1. The zero-order valence-electron chi connectivity index (χ0n) is 6.82. The Labute approximate surface area is 75.9 Å². The molecule has 1 aromatic rings. The average Bonchev–Trinajstić information content (AvgIpc) is 2.06. The summed E-state index contributed by atoms with van der Waals surface area (Å²) in [6.07, 6.45) is 0. The van der Waals surface area contributed by atoms with Gasteiger partial charge in [-0.3, -0.25) is 0 Å². The van der Waals surface area contributed by atoms with Crippen molar-refractivity contribution in [3.8, 4) is 0 Å². The molecule has 0 saturated carbocycles. The van der Waals surface area contributed by atoms with E-state index < -0.39 is 0 Å². The Balaban J connectivity index is 2.47. The molecule has 3 heteroatoms. The topological polar surface area (TPSA) is 26.3 Å². The van der Waals surface area contributed by atoms with E-state index in [4.69, 9.17) is 4.74 Å². The molecule has 1 rings (SSSR count). The lowest BCUT2D eigenvalue weighted by molar-refractivity contribution is 0.181. The van der Waals surface area contributed by atoms with Crippen LogP contribution in [0.15, 0.2) is 35.2 Å². The van der Waals surface area contributed by atoms with E-state index >= 15 is 0 Å². The van der Waals surface area contributed by atoms with E-state index in [1.54, 1.807) is 6.92 Å². The van der Waals surface area contributed by atoms with Crippen molar-refractivity contribution in [2.24, 2.45) is 0 Å². The predicted molar refractivity (Wildman–Crippen MR) is 49.3 cm³/mol. The summed E-state index contributed by atoms with van der Waals surface area (Å²) < 4.78 is 4.77. The van der Waals surface area contributed by atoms with E-state index in [0.29, 0.717) is 6.61 Å². The third-order valence-corrected chi connectivity index (χ3v) is 2.00. The van der Waals surface area contributed by atoms with Crippen LogP contribution in [-0.4, -0.2) is 11.9 Å². The molecule has 0 spiro atoms. The van der Waals surface area contributed by atoms with E-state index in [0.717, 1.165) is 16.7 Å². The van der Waals surface area contributed by atoms with E-state index in [1.807, 2.05) is 30.3 Å². The molecule has 2 nitrogen and oxygen atoms in total. The summed E-state index contributed by atoms with van der Waals surface area (Å²) in [6.45, 7) is 2.22. The number of rotatable bonds is 2. The molecule has 0 bridgehead atoms. The Morgan fingerprint density at radius 1 is 1.42 bits per heavy atom. The largest absolute Gasteiger partial charge is 0.458 e. The molecule has 1 aromatic carbocycles. The maximum atomic E-state index is 11.0. The highest BCUT2D eigenvalue weighted by Crippen LogP contribution is 2.18. The van der Waals surface area contributed by atoms with Crippen molar-refractivity contribution in [3.05, 3.63) is 30.3 Å². The monoisotopic (exact) mass is 182 g/mol. The van der Waals surface area contributed by atoms with Crippen molar-refractivity contribution in [1.82, 2.24) is 0 Å². The molecule has 0 atom stereocenters. The molecule has 0 aliphatic carbocycles. The molecule has 0 saturated heterocycles. The van der Waals surface area contributed by atoms with Gasteiger partial charge < -0.3 is 4.74 Å². The van der Waals surface area contributed by atoms with Gasteiger partial charge in [-0.1, -0.05) is 18.2 Å². The van der Waals surface area contributed by atoms with E-state index in [1.165, 1.54) is 0 Å². The van der Waals surface area contributed by atoms with Gasteiger partial charge in [0.1, 0.15) is 0 Å². The van der Waals surface area contributed by atoms with Crippen molar-refractivity contribution in [2.75, 3.05) is 6.61 Å². The second-order valence-electron chi connectivity index (χ2n) is 2.10. The van der Waals surface area contributed by atoms with Gasteiger partial charge in [-0.15, -0.1) is 0 Å². The minimum Gasteiger partial charge on any atom is -0.458 e. The second kappa shape index (κ2) is 4.83. The lowest BCUT2D eigenvalue weighted by Gasteiger charge is -1.99. The van der Waals surface area contributed by atoms with Crippen molar-refractivity contribution in [2.45, 2.75) is 11.8 Å². The number of hydrogen-bond donors (Lipinski definition) is 0. The normalized spacial score (nSPS) is 9.42. The van der Waals surface area contributed by atoms with Gasteiger partial charge >= 0.3 is 5.30 Å². The quantitative estimate of drug-likeness (QED) is 0.519. The third kappa shape index (κ3) is 2.96. The Hall–Kier alpha value is -0.960. The van der Waals surface area contributed by atoms with Crippen LogP contribution in [-0.2, 0) is 4.74 Å². The standard InChI is InChI=1S/C9H10O2S/c1-2-11-9(10)12-8-6-4-3-5-7-8/h3-7H,2H2,1H3. The van der Waals surface area contributed by atoms with Crippen LogP contribution in [0.3, 0.4) is 0 Å². The van der Waals surface area contributed by atoms with Crippen molar-refractivity contribution >= 4 is 17.1 Å². The Morgan fingerprint density at radius 3 is 2.67 bits per heavy atom. The summed E-state index contributed by atoms with van der Waals surface area (Å²) in [5, 5.41) is -0.247. The summed E-state index contributed by atoms with van der Waals surface area (Å²) in [7, 11) is 0. The lowest BCUT2D eigenvalue weighted by Crippen LogP contribution is -1.95. The van der Waals surface area contributed by atoms with Crippen LogP contribution in [0.2, 0.25) is 0 Å². The van der Waals surface area contributed by atoms with Gasteiger partial charge in [0.05, 0.1) is 6.61 Å². The van der Waals surface area contributed by atoms with Gasteiger partial charge in [-0.25, -0.2) is 4.79 Å². The van der Waals surface area contributed by atoms with Gasteiger partial charge in [0.2, 0.25) is 0 Å². The molecule has 0 aliphatic rings. The lowest BCUT2D eigenvalue weighted by atomic mass is 10.4. The molecule has 0 unspecified atom stereocenters. The zero-order chi connectivity index (χ0) is 8.81. The van der Waals surface area contributed by atoms with Crippen molar-refractivity contribution in [3.63, 3.8) is 0 Å². The minimum absolute atomic E-state index is 0.247. The Bertz CT molecular complexity index is 246. The van der Waals surface area contributed by atoms with Crippen LogP contribution >= 0.6 is 11.8 Å². The summed E-state index contributed by atoms with van der Waals surface area (Å²) in [6, 6.07) is 9.45. The molecule has 64 valence electrons. The Kier molecular flexibility index (Phi) is 3.67. The predicted octanol–water partition coefficient (Wildman–Crippen LogP) is 2.94. The first-order valence-electron chi connectivity index (χ1n) is 3.72. The van der Waals surface area contributed by atoms with Crippen LogP contribution in [0.25, 0.3) is 0 Å². The smallest absolute Gasteiger partial charge is 0.372 e. The van der Waals surface area contributed by atoms with Crippen LogP contribution in [0.5, 0.6) is 0 Å². The molecular formula is C9H10O2S. The first-order chi connectivity index (χ1) is 5.83. The van der Waals surface area contributed by atoms with Crippen LogP contribution in [0, 0.1) is 0 Å². The molecular weight excluding hydrogens is 172 g/mol. The van der Waals surface area contributed by atoms with Crippen LogP contribution < -0.4 is 0 Å². The SMILES string of the molecule is CCOC(=O)Sc1ccccc1. The van der Waals surface area contributed by atoms with Gasteiger partial charge in [0.15, 0.2) is 0 Å². The van der Waals surface area contributed by atoms with E-state index in [-0.39, 0.29) is 5.30 Å². The summed E-state index contributed by atoms with van der Waals surface area (Å²) in [5.41, 5.74) is 0. The summed E-state index contributed by atoms with van der Waals surface area (Å²) in [5.74, 6) is 0. The molecule has 0 radical (unpaired) electrons. The first-order valence-corrected chi connectivity index (χ1v) is 4.54. The van der Waals surface area contributed by atoms with E-state index in [2.05, 4.69) is 0 Å². The highest BCUT2D eigenvalue weighted by Gasteiger charge is 2.02. The molecule has 0 fully saturated rings. The zero-order valence-corrected chi connectivity index (χ0v) is 7.64. The number of thioether (sulfide) groups is 1. The van der Waals surface area contributed by atoms with Gasteiger partial charge in [0.25, 0.3) is 0 Å². The van der Waals surface area contributed by atoms with Crippen molar-refractivity contribution < 1.29 is 9.53 Å². The van der Waals surface area contributed by atoms with Crippen LogP contribution in [0.1, 0.15) is 6.92 Å². The molecule has 0 aliphatic heterocycles. The second-order valence-corrected chi connectivity index (χ2v) is 3.11. The molecule has 0 aromatic heterocycles. The Morgan fingerprint density at radius 2 is 2.08 bits per heavy atom. The third-order valence-electron chi connectivity index (χ3n) is 1.21. The summed E-state index contributed by atoms with van der Waals surface area (Å²) >= 11 is 1.11. The minimum atomic E-state index is -0.247. The summed E-state index contributed by atoms with van der Waals surface area (Å²) in [4.78, 5) is 11.9. The van der Waals surface area contributed by atoms with E-state index in [9.17, 15) is 4.79 Å². The van der Waals surface area contributed by atoms with Gasteiger partial charge in [-0.05, 0) is 30.8 Å². The fourth-order valence-corrected chi connectivity index (χ4v) is 1.39. The van der Waals surface area contributed by atoms with Gasteiger partial charge in [-0.2, -0.15) is 0 Å². The average molecular weight is 182 g/mol. The molecule has 0 amide bonds. The number of carbonyl (C=O) groups excluding carboxylic acids is 1. The van der Waals surface area contributed by atoms with Crippen molar-refractivity contribution in [1.29, 1.82) is 0 Å². The number of hydrogen-bond acceptors (Lipinski definition) is 3. The molecule has 0 N–H and O–H groups in total. The maximum absolute atomic E-state index is 11.0. The molecule has 0 heterocycles. The van der Waals surface area contributed by atoms with Gasteiger partial charge in [0, 0.05) is 4.90 Å². The highest BCUT2D eigenvalue weighted by molar-refractivity contribution is 8.13. The highest BCUT2D eigenvalue weighted by atomic mass is 32.2. The fourth-order valence-electron chi connectivity index (χ4n) is 0.732. The number of carbonyl (C=O) groups is 1. The fraction of sp³-hybridized carbons (Fsp3) is 0.222. The van der Waals surface area contributed by atoms with Crippen LogP contribution in [0.4, 0.5) is 4.79 Å². The maximum Gasteiger partial charge on any atom is 0.372 e. The molecule has 12 heavy (non-hydrogen) atoms. The number of benzene rings is 1.